The Morgan fingerprint density at radius 1 is 1.28 bits per heavy atom. The first kappa shape index (κ1) is 19.4. The van der Waals surface area contributed by atoms with Crippen LogP contribution in [0.3, 0.4) is 0 Å². The summed E-state index contributed by atoms with van der Waals surface area (Å²) in [6.45, 7) is 4.79. The Kier molecular flexibility index (Phi) is 6.57. The lowest BCUT2D eigenvalue weighted by atomic mass is 10.0. The molecule has 0 bridgehead atoms. The zero-order valence-corrected chi connectivity index (χ0v) is 15.3. The number of carbonyl (C=O) groups is 1. The maximum Gasteiger partial charge on any atom is 0.267 e. The number of hydrogen-bond donors (Lipinski definition) is 3. The summed E-state index contributed by atoms with van der Waals surface area (Å²) < 4.78 is 26.8. The third kappa shape index (κ3) is 5.29. The van der Waals surface area contributed by atoms with E-state index in [0.717, 1.165) is 37.2 Å². The second-order valence-corrected chi connectivity index (χ2v) is 8.61. The first-order valence-electron chi connectivity index (χ1n) is 8.30. The summed E-state index contributed by atoms with van der Waals surface area (Å²) in [7, 11) is -3.26. The molecule has 1 heterocycles. The van der Waals surface area contributed by atoms with Crippen LogP contribution in [0.15, 0.2) is 30.3 Å². The number of piperidine rings is 1. The van der Waals surface area contributed by atoms with Gasteiger partial charge in [0, 0.05) is 30.9 Å². The van der Waals surface area contributed by atoms with Gasteiger partial charge in [-0.2, -0.15) is 0 Å². The van der Waals surface area contributed by atoms with Gasteiger partial charge in [0.25, 0.3) is 5.91 Å². The summed E-state index contributed by atoms with van der Waals surface area (Å²) in [6.07, 6.45) is 4.36. The van der Waals surface area contributed by atoms with Crippen molar-refractivity contribution >= 4 is 27.7 Å². The number of sulfonamides is 1. The van der Waals surface area contributed by atoms with E-state index in [2.05, 4.69) is 9.62 Å². The normalized spacial score (nSPS) is 16.6. The lowest BCUT2D eigenvalue weighted by molar-refractivity contribution is -0.124. The Hall–Kier alpha value is -1.90. The number of carbonyl (C=O) groups excluding carboxylic acids is 1. The number of nitrogens with zero attached hydrogens (tertiary/aromatic N) is 1. The molecule has 1 fully saturated rings. The van der Waals surface area contributed by atoms with E-state index in [1.165, 1.54) is 6.08 Å². The van der Waals surface area contributed by atoms with E-state index in [-0.39, 0.29) is 6.04 Å². The Bertz CT molecular complexity index is 723. The van der Waals surface area contributed by atoms with Crippen LogP contribution >= 0.6 is 0 Å². The number of hydrogen-bond acceptors (Lipinski definition) is 5. The summed E-state index contributed by atoms with van der Waals surface area (Å²) in [5.74, 6) is -0.586. The van der Waals surface area contributed by atoms with Crippen LogP contribution in [-0.4, -0.2) is 43.9 Å². The zero-order chi connectivity index (χ0) is 18.4. The van der Waals surface area contributed by atoms with Gasteiger partial charge in [0.2, 0.25) is 10.0 Å². The van der Waals surface area contributed by atoms with Crippen molar-refractivity contribution in [1.82, 2.24) is 10.2 Å². The van der Waals surface area contributed by atoms with E-state index in [1.807, 2.05) is 24.3 Å². The van der Waals surface area contributed by atoms with Crippen LogP contribution in [0, 0.1) is 0 Å². The number of hydroxylamine groups is 1. The van der Waals surface area contributed by atoms with E-state index in [1.54, 1.807) is 25.4 Å². The molecule has 0 aromatic heterocycles. The molecule has 0 radical (unpaired) electrons. The molecule has 1 saturated heterocycles. The molecule has 25 heavy (non-hydrogen) atoms. The van der Waals surface area contributed by atoms with Gasteiger partial charge in [0.1, 0.15) is 0 Å². The molecule has 138 valence electrons. The minimum Gasteiger partial charge on any atom is -0.371 e. The van der Waals surface area contributed by atoms with Crippen LogP contribution in [0.2, 0.25) is 0 Å². The highest BCUT2D eigenvalue weighted by atomic mass is 32.2. The third-order valence-electron chi connectivity index (χ3n) is 4.25. The molecule has 0 spiro atoms. The van der Waals surface area contributed by atoms with Gasteiger partial charge in [-0.3, -0.25) is 10.0 Å². The molecular formula is C17H25N3O4S. The first-order valence-corrected chi connectivity index (χ1v) is 9.85. The molecule has 1 amide bonds. The van der Waals surface area contributed by atoms with E-state index in [0.29, 0.717) is 0 Å². The van der Waals surface area contributed by atoms with Crippen LogP contribution in [0.5, 0.6) is 0 Å². The molecule has 2 rings (SSSR count). The molecule has 0 unspecified atom stereocenters. The minimum atomic E-state index is -3.26. The Labute approximate surface area is 148 Å². The van der Waals surface area contributed by atoms with Crippen molar-refractivity contribution in [2.75, 3.05) is 18.0 Å². The van der Waals surface area contributed by atoms with E-state index in [9.17, 15) is 13.2 Å². The van der Waals surface area contributed by atoms with Crippen molar-refractivity contribution in [3.8, 4) is 0 Å². The van der Waals surface area contributed by atoms with Gasteiger partial charge < -0.3 is 4.90 Å². The molecule has 1 aliphatic rings. The summed E-state index contributed by atoms with van der Waals surface area (Å²) in [4.78, 5) is 13.4. The second kappa shape index (κ2) is 8.46. The van der Waals surface area contributed by atoms with Crippen LogP contribution < -0.4 is 15.1 Å². The van der Waals surface area contributed by atoms with Crippen molar-refractivity contribution in [3.05, 3.63) is 35.9 Å². The predicted octanol–water partition coefficient (Wildman–Crippen LogP) is 1.50. The third-order valence-corrected chi connectivity index (χ3v) is 6.15. The highest BCUT2D eigenvalue weighted by molar-refractivity contribution is 7.90. The van der Waals surface area contributed by atoms with E-state index in [4.69, 9.17) is 5.21 Å². The molecular weight excluding hydrogens is 342 g/mol. The van der Waals surface area contributed by atoms with Gasteiger partial charge in [-0.1, -0.05) is 18.2 Å². The number of benzene rings is 1. The molecule has 0 atom stereocenters. The van der Waals surface area contributed by atoms with E-state index < -0.39 is 21.2 Å². The Balaban J connectivity index is 2.04. The topological polar surface area (TPSA) is 98.7 Å². The average Bonchev–Trinajstić information content (AvgIpc) is 2.60. The monoisotopic (exact) mass is 367 g/mol. The van der Waals surface area contributed by atoms with Crippen LogP contribution in [0.4, 0.5) is 5.69 Å². The molecule has 0 aliphatic carbocycles. The molecule has 1 aromatic carbocycles. The quantitative estimate of drug-likeness (QED) is 0.402. The van der Waals surface area contributed by atoms with Crippen molar-refractivity contribution < 1.29 is 18.4 Å². The molecule has 7 nitrogen and oxygen atoms in total. The SMILES string of the molecule is CC(C)S(=O)(=O)NC1CCN(c2ccccc2C=CC(=O)NO)CC1. The lowest BCUT2D eigenvalue weighted by Gasteiger charge is -2.35. The predicted molar refractivity (Wildman–Crippen MR) is 97.8 cm³/mol. The van der Waals surface area contributed by atoms with Gasteiger partial charge in [-0.25, -0.2) is 18.6 Å². The number of nitrogens with one attached hydrogen (secondary N) is 2. The van der Waals surface area contributed by atoms with Crippen LogP contribution in [0.25, 0.3) is 6.08 Å². The molecule has 1 aliphatic heterocycles. The molecule has 1 aromatic rings. The number of rotatable bonds is 6. The Morgan fingerprint density at radius 2 is 1.92 bits per heavy atom. The standard InChI is InChI=1S/C17H25N3O4S/c1-13(2)25(23,24)19-15-9-11-20(12-10-15)16-6-4-3-5-14(16)7-8-17(21)18-22/h3-8,13,15,19,22H,9-12H2,1-2H3,(H,18,21). The lowest BCUT2D eigenvalue weighted by Crippen LogP contribution is -2.46. The number of amides is 1. The number of anilines is 1. The van der Waals surface area contributed by atoms with Gasteiger partial charge >= 0.3 is 0 Å². The second-order valence-electron chi connectivity index (χ2n) is 6.34. The fourth-order valence-corrected chi connectivity index (χ4v) is 3.70. The summed E-state index contributed by atoms with van der Waals surface area (Å²) in [5, 5.41) is 8.14. The van der Waals surface area contributed by atoms with Crippen molar-refractivity contribution in [2.45, 2.75) is 38.0 Å². The average molecular weight is 367 g/mol. The fourth-order valence-electron chi connectivity index (χ4n) is 2.73. The minimum absolute atomic E-state index is 0.0495. The highest BCUT2D eigenvalue weighted by Gasteiger charge is 2.25. The van der Waals surface area contributed by atoms with Gasteiger partial charge in [0.05, 0.1) is 5.25 Å². The molecule has 3 N–H and O–H groups in total. The van der Waals surface area contributed by atoms with Crippen molar-refractivity contribution in [1.29, 1.82) is 0 Å². The van der Waals surface area contributed by atoms with Gasteiger partial charge in [-0.05, 0) is 44.4 Å². The summed E-state index contributed by atoms with van der Waals surface area (Å²) in [6, 6.07) is 7.61. The smallest absolute Gasteiger partial charge is 0.267 e. The maximum absolute atomic E-state index is 12.0. The van der Waals surface area contributed by atoms with Crippen LogP contribution in [0.1, 0.15) is 32.3 Å². The number of para-hydroxylation sites is 1. The van der Waals surface area contributed by atoms with E-state index >= 15 is 0 Å². The summed E-state index contributed by atoms with van der Waals surface area (Å²) in [5.41, 5.74) is 3.42. The van der Waals surface area contributed by atoms with Gasteiger partial charge in [0.15, 0.2) is 0 Å². The van der Waals surface area contributed by atoms with Crippen molar-refractivity contribution in [2.24, 2.45) is 0 Å². The molecule has 8 heteroatoms. The van der Waals surface area contributed by atoms with Crippen LogP contribution in [-0.2, 0) is 14.8 Å². The largest absolute Gasteiger partial charge is 0.371 e. The highest BCUT2D eigenvalue weighted by Crippen LogP contribution is 2.25. The fraction of sp³-hybridized carbons (Fsp3) is 0.471. The first-order chi connectivity index (χ1) is 11.8. The summed E-state index contributed by atoms with van der Waals surface area (Å²) >= 11 is 0. The maximum atomic E-state index is 12.0. The Morgan fingerprint density at radius 3 is 2.52 bits per heavy atom. The van der Waals surface area contributed by atoms with Gasteiger partial charge in [-0.15, -0.1) is 0 Å². The zero-order valence-electron chi connectivity index (χ0n) is 14.5. The van der Waals surface area contributed by atoms with Crippen molar-refractivity contribution in [3.63, 3.8) is 0 Å². The molecule has 0 saturated carbocycles.